The summed E-state index contributed by atoms with van der Waals surface area (Å²) in [5.41, 5.74) is 5.94. The minimum absolute atomic E-state index is 0.105. The van der Waals surface area contributed by atoms with Crippen molar-refractivity contribution in [3.05, 3.63) is 23.8 Å². The van der Waals surface area contributed by atoms with Gasteiger partial charge < -0.3 is 20.3 Å². The van der Waals surface area contributed by atoms with Gasteiger partial charge in [0.15, 0.2) is 6.61 Å². The zero-order chi connectivity index (χ0) is 17.0. The minimum atomic E-state index is -4.47. The number of carbonyl (C=O) groups is 1. The number of alkyl halides is 3. The Morgan fingerprint density at radius 3 is 2.48 bits per heavy atom. The highest BCUT2D eigenvalue weighted by molar-refractivity contribution is 5.97. The zero-order valence-corrected chi connectivity index (χ0v) is 12.9. The summed E-state index contributed by atoms with van der Waals surface area (Å²) in [6, 6.07) is 4.15. The fraction of sp³-hybridized carbons (Fsp3) is 0.533. The summed E-state index contributed by atoms with van der Waals surface area (Å²) in [6.07, 6.45) is -4.47. The summed E-state index contributed by atoms with van der Waals surface area (Å²) >= 11 is 0. The van der Waals surface area contributed by atoms with Gasteiger partial charge in [0.25, 0.3) is 5.91 Å². The van der Waals surface area contributed by atoms with Crippen molar-refractivity contribution in [1.82, 2.24) is 9.80 Å². The number of piperazine rings is 1. The van der Waals surface area contributed by atoms with Crippen molar-refractivity contribution in [2.75, 3.05) is 45.1 Å². The maximum atomic E-state index is 12.6. The fourth-order valence-corrected chi connectivity index (χ4v) is 2.43. The first kappa shape index (κ1) is 17.4. The third-order valence-electron chi connectivity index (χ3n) is 3.73. The fourth-order valence-electron chi connectivity index (χ4n) is 2.43. The highest BCUT2D eigenvalue weighted by atomic mass is 19.4. The Labute approximate surface area is 132 Å². The molecule has 0 aliphatic carbocycles. The van der Waals surface area contributed by atoms with E-state index in [9.17, 15) is 18.0 Å². The first-order chi connectivity index (χ1) is 10.8. The van der Waals surface area contributed by atoms with Crippen LogP contribution in [0.25, 0.3) is 0 Å². The number of anilines is 1. The van der Waals surface area contributed by atoms with Crippen LogP contribution in [0, 0.1) is 0 Å². The molecule has 2 rings (SSSR count). The number of likely N-dealkylation sites (N-methyl/N-ethyl adjacent to an activating group) is 1. The Bertz CT molecular complexity index is 555. The number of ether oxygens (including phenoxy) is 1. The van der Waals surface area contributed by atoms with Crippen molar-refractivity contribution in [3.63, 3.8) is 0 Å². The number of rotatable bonds is 4. The minimum Gasteiger partial charge on any atom is -0.483 e. The van der Waals surface area contributed by atoms with E-state index in [0.29, 0.717) is 13.1 Å². The molecule has 0 radical (unpaired) electrons. The predicted molar refractivity (Wildman–Crippen MR) is 80.4 cm³/mol. The highest BCUT2D eigenvalue weighted by Gasteiger charge is 2.30. The van der Waals surface area contributed by atoms with E-state index in [4.69, 9.17) is 10.5 Å². The number of hydrogen-bond donors (Lipinski definition) is 1. The van der Waals surface area contributed by atoms with Gasteiger partial charge >= 0.3 is 6.18 Å². The van der Waals surface area contributed by atoms with Crippen LogP contribution in [0.1, 0.15) is 17.3 Å². The van der Waals surface area contributed by atoms with Crippen LogP contribution in [0.2, 0.25) is 0 Å². The molecule has 1 aliphatic rings. The van der Waals surface area contributed by atoms with Crippen molar-refractivity contribution in [1.29, 1.82) is 0 Å². The standard InChI is InChI=1S/C15H20F3N3O2/c1-2-20-5-7-21(8-6-20)14(22)12-4-3-11(19)9-13(12)23-10-15(16,17)18/h3-4,9H,2,5-8,10,19H2,1H3. The molecule has 1 saturated heterocycles. The molecule has 0 atom stereocenters. The molecule has 0 unspecified atom stereocenters. The van der Waals surface area contributed by atoms with Gasteiger partial charge in [0.2, 0.25) is 0 Å². The molecule has 2 N–H and O–H groups in total. The number of benzene rings is 1. The molecule has 1 heterocycles. The summed E-state index contributed by atoms with van der Waals surface area (Å²) in [5.74, 6) is -0.469. The average molecular weight is 331 g/mol. The molecule has 128 valence electrons. The third-order valence-corrected chi connectivity index (χ3v) is 3.73. The lowest BCUT2D eigenvalue weighted by atomic mass is 10.1. The van der Waals surface area contributed by atoms with E-state index in [2.05, 4.69) is 4.90 Å². The van der Waals surface area contributed by atoms with Crippen molar-refractivity contribution in [2.45, 2.75) is 13.1 Å². The maximum Gasteiger partial charge on any atom is 0.422 e. The lowest BCUT2D eigenvalue weighted by Crippen LogP contribution is -2.48. The second kappa shape index (κ2) is 7.08. The van der Waals surface area contributed by atoms with E-state index in [0.717, 1.165) is 19.6 Å². The number of hydrogen-bond acceptors (Lipinski definition) is 4. The van der Waals surface area contributed by atoms with E-state index < -0.39 is 12.8 Å². The van der Waals surface area contributed by atoms with E-state index in [1.54, 1.807) is 4.90 Å². The largest absolute Gasteiger partial charge is 0.483 e. The lowest BCUT2D eigenvalue weighted by Gasteiger charge is -2.34. The maximum absolute atomic E-state index is 12.6. The first-order valence-corrected chi connectivity index (χ1v) is 7.41. The molecule has 0 bridgehead atoms. The molecule has 8 heteroatoms. The number of amides is 1. The lowest BCUT2D eigenvalue weighted by molar-refractivity contribution is -0.153. The van der Waals surface area contributed by atoms with Gasteiger partial charge in [-0.3, -0.25) is 4.79 Å². The number of nitrogens with zero attached hydrogens (tertiary/aromatic N) is 2. The second-order valence-electron chi connectivity index (χ2n) is 5.39. The van der Waals surface area contributed by atoms with Gasteiger partial charge in [-0.25, -0.2) is 0 Å². The summed E-state index contributed by atoms with van der Waals surface area (Å²) in [7, 11) is 0. The van der Waals surface area contributed by atoms with Crippen LogP contribution in [0.3, 0.4) is 0 Å². The molecule has 0 saturated carbocycles. The molecule has 23 heavy (non-hydrogen) atoms. The molecule has 1 amide bonds. The van der Waals surface area contributed by atoms with Gasteiger partial charge in [-0.1, -0.05) is 6.92 Å². The van der Waals surface area contributed by atoms with Gasteiger partial charge in [-0.2, -0.15) is 13.2 Å². The SMILES string of the molecule is CCN1CCN(C(=O)c2ccc(N)cc2OCC(F)(F)F)CC1. The Morgan fingerprint density at radius 1 is 1.26 bits per heavy atom. The zero-order valence-electron chi connectivity index (χ0n) is 12.9. The monoisotopic (exact) mass is 331 g/mol. The quantitative estimate of drug-likeness (QED) is 0.857. The molecule has 0 aromatic heterocycles. The van der Waals surface area contributed by atoms with E-state index in [1.165, 1.54) is 18.2 Å². The third kappa shape index (κ3) is 4.75. The second-order valence-corrected chi connectivity index (χ2v) is 5.39. The van der Waals surface area contributed by atoms with Crippen LogP contribution in [0.5, 0.6) is 5.75 Å². The molecule has 1 fully saturated rings. The van der Waals surface area contributed by atoms with E-state index in [-0.39, 0.29) is 22.9 Å². The van der Waals surface area contributed by atoms with Crippen molar-refractivity contribution >= 4 is 11.6 Å². The van der Waals surface area contributed by atoms with Gasteiger partial charge in [0.1, 0.15) is 5.75 Å². The van der Waals surface area contributed by atoms with Crippen LogP contribution in [0.15, 0.2) is 18.2 Å². The van der Waals surface area contributed by atoms with Crippen LogP contribution < -0.4 is 10.5 Å². The number of halogens is 3. The highest BCUT2D eigenvalue weighted by Crippen LogP contribution is 2.26. The Balaban J connectivity index is 2.13. The molecular formula is C15H20F3N3O2. The van der Waals surface area contributed by atoms with E-state index >= 15 is 0 Å². The first-order valence-electron chi connectivity index (χ1n) is 7.41. The molecule has 1 aromatic rings. The Kier molecular flexibility index (Phi) is 5.35. The summed E-state index contributed by atoms with van der Waals surface area (Å²) in [6.45, 7) is 4.06. The number of nitrogen functional groups attached to an aromatic ring is 1. The van der Waals surface area contributed by atoms with Crippen LogP contribution in [-0.4, -0.2) is 61.2 Å². The summed E-state index contributed by atoms with van der Waals surface area (Å²) in [5, 5.41) is 0. The normalized spacial score (nSPS) is 16.4. The summed E-state index contributed by atoms with van der Waals surface area (Å²) < 4.78 is 41.8. The van der Waals surface area contributed by atoms with Crippen molar-refractivity contribution in [2.24, 2.45) is 0 Å². The Hall–Kier alpha value is -1.96. The van der Waals surface area contributed by atoms with Crippen LogP contribution >= 0.6 is 0 Å². The topological polar surface area (TPSA) is 58.8 Å². The van der Waals surface area contributed by atoms with Crippen molar-refractivity contribution in [3.8, 4) is 5.75 Å². The van der Waals surface area contributed by atoms with Crippen LogP contribution in [0.4, 0.5) is 18.9 Å². The Morgan fingerprint density at radius 2 is 1.91 bits per heavy atom. The van der Waals surface area contributed by atoms with Crippen LogP contribution in [-0.2, 0) is 0 Å². The predicted octanol–water partition coefficient (Wildman–Crippen LogP) is 1.99. The smallest absolute Gasteiger partial charge is 0.422 e. The summed E-state index contributed by atoms with van der Waals surface area (Å²) in [4.78, 5) is 16.4. The molecular weight excluding hydrogens is 311 g/mol. The van der Waals surface area contributed by atoms with Gasteiger partial charge in [0.05, 0.1) is 5.56 Å². The molecule has 1 aliphatic heterocycles. The van der Waals surface area contributed by atoms with Gasteiger partial charge in [-0.15, -0.1) is 0 Å². The van der Waals surface area contributed by atoms with E-state index in [1.807, 2.05) is 6.92 Å². The molecule has 0 spiro atoms. The van der Waals surface area contributed by atoms with Gasteiger partial charge in [0, 0.05) is 37.9 Å². The molecule has 1 aromatic carbocycles. The average Bonchev–Trinajstić information content (AvgIpc) is 2.52. The number of nitrogens with two attached hydrogens (primary N) is 1. The molecule has 5 nitrogen and oxygen atoms in total. The van der Waals surface area contributed by atoms with Crippen molar-refractivity contribution < 1.29 is 22.7 Å². The van der Waals surface area contributed by atoms with Gasteiger partial charge in [-0.05, 0) is 18.7 Å². The number of carbonyl (C=O) groups excluding carboxylic acids is 1.